The van der Waals surface area contributed by atoms with E-state index in [0.29, 0.717) is 18.0 Å². The summed E-state index contributed by atoms with van der Waals surface area (Å²) in [6, 6.07) is 14.7. The molecule has 6 atom stereocenters. The number of para-hydroxylation sites is 1. The van der Waals surface area contributed by atoms with Gasteiger partial charge in [-0.1, -0.05) is 42.5 Å². The Morgan fingerprint density at radius 1 is 0.900 bits per heavy atom. The number of ether oxygens (including phenoxy) is 2. The number of fused-ring (bicyclic) bond motifs is 2. The first-order valence-electron chi connectivity index (χ1n) is 13.6. The van der Waals surface area contributed by atoms with E-state index >= 15 is 0 Å². The molecule has 1 unspecified atom stereocenters. The van der Waals surface area contributed by atoms with Gasteiger partial charge in [-0.3, -0.25) is 14.4 Å². The zero-order valence-electron chi connectivity index (χ0n) is 22.8. The fourth-order valence-electron chi connectivity index (χ4n) is 6.86. The third kappa shape index (κ3) is 3.72. The van der Waals surface area contributed by atoms with Crippen LogP contribution in [0.2, 0.25) is 0 Å². The second kappa shape index (κ2) is 9.60. The van der Waals surface area contributed by atoms with Crippen LogP contribution in [-0.2, 0) is 19.1 Å². The van der Waals surface area contributed by atoms with Crippen molar-refractivity contribution in [3.63, 3.8) is 0 Å². The van der Waals surface area contributed by atoms with Crippen LogP contribution in [0.4, 0.5) is 11.4 Å². The smallest absolute Gasteiger partial charge is 0.253 e. The van der Waals surface area contributed by atoms with E-state index in [9.17, 15) is 19.5 Å². The number of carbonyl (C=O) groups is 3. The van der Waals surface area contributed by atoms with Crippen LogP contribution in [-0.4, -0.2) is 77.8 Å². The minimum absolute atomic E-state index is 0.233. The first-order valence-corrected chi connectivity index (χ1v) is 13.6. The maximum Gasteiger partial charge on any atom is 0.253 e. The maximum atomic E-state index is 14.4. The SMILES string of the molecule is COc1ccc(N2CC=C[C@]34O[C@@]5(C)C=CCN(c6ccccc6)C(=O)[C@H]5[C@H]3C(=O)N([C@H](C)CO)C4C2=O)cc1. The average molecular weight is 544 g/mol. The molecule has 2 aromatic carbocycles. The predicted molar refractivity (Wildman–Crippen MR) is 149 cm³/mol. The standard InChI is InChI=1S/C31H33N3O6/c1-20(19-35)34-26-29(38)33(22-11-13-23(39-3)14-12-22)18-8-16-31(26)25(28(34)37)24-27(36)32(21-9-5-4-6-10-21)17-7-15-30(24,2)40-31/h4-16,20,24-26,35H,17-19H2,1-3H3/t20-,24-,25+,26?,30+,31+/m1/s1. The molecule has 1 N–H and O–H groups in total. The Bertz CT molecular complexity index is 1390. The maximum absolute atomic E-state index is 14.4. The number of nitrogens with zero attached hydrogens (tertiary/aromatic N) is 3. The van der Waals surface area contributed by atoms with Crippen LogP contribution in [0.1, 0.15) is 13.8 Å². The lowest BCUT2D eigenvalue weighted by molar-refractivity contribution is -0.147. The molecule has 9 nitrogen and oxygen atoms in total. The number of anilines is 2. The minimum atomic E-state index is -1.39. The van der Waals surface area contributed by atoms with Crippen LogP contribution in [0.15, 0.2) is 78.9 Å². The first-order chi connectivity index (χ1) is 19.3. The topological polar surface area (TPSA) is 99.6 Å². The van der Waals surface area contributed by atoms with Gasteiger partial charge < -0.3 is 29.3 Å². The Labute approximate surface area is 233 Å². The molecular formula is C31H33N3O6. The molecule has 40 heavy (non-hydrogen) atoms. The van der Waals surface area contributed by atoms with Crippen LogP contribution in [0, 0.1) is 11.8 Å². The highest BCUT2D eigenvalue weighted by molar-refractivity contribution is 6.07. The molecule has 1 spiro atoms. The first kappa shape index (κ1) is 26.3. The van der Waals surface area contributed by atoms with Crippen LogP contribution >= 0.6 is 0 Å². The third-order valence-electron chi connectivity index (χ3n) is 8.69. The van der Waals surface area contributed by atoms with Crippen molar-refractivity contribution in [1.29, 1.82) is 0 Å². The molecule has 2 fully saturated rings. The van der Waals surface area contributed by atoms with E-state index in [1.165, 1.54) is 4.90 Å². The molecule has 0 bridgehead atoms. The highest BCUT2D eigenvalue weighted by Gasteiger charge is 2.75. The Hall–Kier alpha value is -3.95. The monoisotopic (exact) mass is 543 g/mol. The molecule has 9 heteroatoms. The van der Waals surface area contributed by atoms with Gasteiger partial charge in [0.1, 0.15) is 17.4 Å². The average Bonchev–Trinajstić information content (AvgIpc) is 3.24. The molecule has 2 aromatic rings. The van der Waals surface area contributed by atoms with Crippen molar-refractivity contribution in [2.45, 2.75) is 37.1 Å². The summed E-state index contributed by atoms with van der Waals surface area (Å²) < 4.78 is 12.1. The molecule has 4 aliphatic heterocycles. The number of amides is 3. The van der Waals surface area contributed by atoms with Gasteiger partial charge >= 0.3 is 0 Å². The highest BCUT2D eigenvalue weighted by Crippen LogP contribution is 2.58. The third-order valence-corrected chi connectivity index (χ3v) is 8.69. The van der Waals surface area contributed by atoms with Crippen LogP contribution in [0.3, 0.4) is 0 Å². The Morgan fingerprint density at radius 2 is 1.52 bits per heavy atom. The van der Waals surface area contributed by atoms with E-state index in [4.69, 9.17) is 9.47 Å². The van der Waals surface area contributed by atoms with Gasteiger partial charge in [-0.15, -0.1) is 0 Å². The summed E-state index contributed by atoms with van der Waals surface area (Å²) in [6.45, 7) is 3.79. The zero-order valence-corrected chi connectivity index (χ0v) is 22.8. The number of benzene rings is 2. The van der Waals surface area contributed by atoms with E-state index in [1.54, 1.807) is 54.2 Å². The lowest BCUT2D eigenvalue weighted by Gasteiger charge is -2.39. The number of aliphatic hydroxyl groups excluding tert-OH is 1. The highest BCUT2D eigenvalue weighted by atomic mass is 16.5. The number of carbonyl (C=O) groups excluding carboxylic acids is 3. The normalized spacial score (nSPS) is 31.9. The van der Waals surface area contributed by atoms with Gasteiger partial charge in [-0.25, -0.2) is 0 Å². The van der Waals surface area contributed by atoms with E-state index in [0.717, 1.165) is 5.69 Å². The molecule has 0 aliphatic carbocycles. The van der Waals surface area contributed by atoms with E-state index in [-0.39, 0.29) is 30.9 Å². The number of likely N-dealkylation sites (tertiary alicyclic amines) is 1. The second-order valence-corrected chi connectivity index (χ2v) is 11.0. The molecule has 208 valence electrons. The summed E-state index contributed by atoms with van der Waals surface area (Å²) in [5.74, 6) is -2.10. The van der Waals surface area contributed by atoms with Crippen molar-refractivity contribution in [1.82, 2.24) is 4.90 Å². The molecule has 0 radical (unpaired) electrons. The number of methoxy groups -OCH3 is 1. The largest absolute Gasteiger partial charge is 0.497 e. The van der Waals surface area contributed by atoms with Crippen molar-refractivity contribution in [3.05, 3.63) is 78.9 Å². The molecule has 0 aromatic heterocycles. The molecular weight excluding hydrogens is 510 g/mol. The number of hydrogen-bond donors (Lipinski definition) is 1. The van der Waals surface area contributed by atoms with Crippen molar-refractivity contribution >= 4 is 29.1 Å². The van der Waals surface area contributed by atoms with Crippen LogP contribution < -0.4 is 14.5 Å². The lowest BCUT2D eigenvalue weighted by Crippen LogP contribution is -2.58. The van der Waals surface area contributed by atoms with Crippen LogP contribution in [0.25, 0.3) is 0 Å². The van der Waals surface area contributed by atoms with E-state index in [1.807, 2.05) is 55.5 Å². The van der Waals surface area contributed by atoms with Gasteiger partial charge in [0.25, 0.3) is 5.91 Å². The predicted octanol–water partition coefficient (Wildman–Crippen LogP) is 2.55. The Morgan fingerprint density at radius 3 is 2.17 bits per heavy atom. The summed E-state index contributed by atoms with van der Waals surface area (Å²) in [5.41, 5.74) is -1.14. The van der Waals surface area contributed by atoms with Gasteiger partial charge in [-0.2, -0.15) is 0 Å². The Kier molecular flexibility index (Phi) is 6.31. The molecule has 2 saturated heterocycles. The molecule has 6 rings (SSSR count). The number of rotatable bonds is 5. The van der Waals surface area contributed by atoms with E-state index < -0.39 is 35.1 Å². The lowest BCUT2D eigenvalue weighted by atomic mass is 9.74. The van der Waals surface area contributed by atoms with Crippen LogP contribution in [0.5, 0.6) is 5.75 Å². The second-order valence-electron chi connectivity index (χ2n) is 11.0. The van der Waals surface area contributed by atoms with E-state index in [2.05, 4.69) is 0 Å². The van der Waals surface area contributed by atoms with Crippen molar-refractivity contribution < 1.29 is 29.0 Å². The quantitative estimate of drug-likeness (QED) is 0.582. The van der Waals surface area contributed by atoms with Gasteiger partial charge in [0.2, 0.25) is 11.8 Å². The van der Waals surface area contributed by atoms with Gasteiger partial charge in [0.15, 0.2) is 0 Å². The number of aliphatic hydroxyl groups is 1. The molecule has 3 amide bonds. The number of hydrogen-bond acceptors (Lipinski definition) is 6. The summed E-state index contributed by atoms with van der Waals surface area (Å²) in [6.07, 6.45) is 7.40. The van der Waals surface area contributed by atoms with Gasteiger partial charge in [-0.05, 0) is 50.2 Å². The fourth-order valence-corrected chi connectivity index (χ4v) is 6.86. The molecule has 0 saturated carbocycles. The summed E-state index contributed by atoms with van der Waals surface area (Å²) >= 11 is 0. The fraction of sp³-hybridized carbons (Fsp3) is 0.387. The molecule has 4 heterocycles. The minimum Gasteiger partial charge on any atom is -0.497 e. The van der Waals surface area contributed by atoms with Crippen molar-refractivity contribution in [3.8, 4) is 5.75 Å². The van der Waals surface area contributed by atoms with Gasteiger partial charge in [0, 0.05) is 24.5 Å². The summed E-state index contributed by atoms with van der Waals surface area (Å²) in [7, 11) is 1.57. The zero-order chi connectivity index (χ0) is 28.2. The molecule has 4 aliphatic rings. The van der Waals surface area contributed by atoms with Crippen molar-refractivity contribution in [2.75, 3.05) is 36.6 Å². The summed E-state index contributed by atoms with van der Waals surface area (Å²) in [5, 5.41) is 10.2. The summed E-state index contributed by atoms with van der Waals surface area (Å²) in [4.78, 5) is 47.8. The van der Waals surface area contributed by atoms with Crippen molar-refractivity contribution in [2.24, 2.45) is 11.8 Å². The Balaban J connectivity index is 1.47. The van der Waals surface area contributed by atoms with Gasteiger partial charge in [0.05, 0.1) is 37.2 Å².